The summed E-state index contributed by atoms with van der Waals surface area (Å²) in [6, 6.07) is 4.73. The summed E-state index contributed by atoms with van der Waals surface area (Å²) in [5.74, 6) is 0.258. The van der Waals surface area contributed by atoms with E-state index in [4.69, 9.17) is 14.6 Å². The molecule has 19 heavy (non-hydrogen) atoms. The van der Waals surface area contributed by atoms with Crippen molar-refractivity contribution in [1.29, 1.82) is 0 Å². The Hall–Kier alpha value is -0.630. The number of sulfonamides is 1. The quantitative estimate of drug-likeness (QED) is 0.901. The second-order valence-electron chi connectivity index (χ2n) is 4.59. The predicted molar refractivity (Wildman–Crippen MR) is 74.6 cm³/mol. The zero-order valence-corrected chi connectivity index (χ0v) is 12.9. The first-order valence-corrected chi connectivity index (χ1v) is 8.31. The molecule has 2 atom stereocenters. The molecule has 1 aliphatic rings. The number of halogens is 1. The van der Waals surface area contributed by atoms with Crippen molar-refractivity contribution in [3.8, 4) is 5.75 Å². The van der Waals surface area contributed by atoms with E-state index < -0.39 is 10.0 Å². The summed E-state index contributed by atoms with van der Waals surface area (Å²) < 4.78 is 34.8. The fraction of sp³-hybridized carbons (Fsp3) is 0.500. The molecule has 0 bridgehead atoms. The molecule has 2 unspecified atom stereocenters. The number of benzene rings is 1. The van der Waals surface area contributed by atoms with Gasteiger partial charge in [0.2, 0.25) is 10.0 Å². The number of hydrogen-bond donors (Lipinski definition) is 1. The second kappa shape index (κ2) is 5.78. The van der Waals surface area contributed by atoms with Gasteiger partial charge in [-0.1, -0.05) is 15.9 Å². The Morgan fingerprint density at radius 1 is 1.47 bits per heavy atom. The molecule has 5 nitrogen and oxygen atoms in total. The van der Waals surface area contributed by atoms with E-state index in [-0.39, 0.29) is 22.9 Å². The molecular formula is C12H16BrNO4S. The lowest BCUT2D eigenvalue weighted by Gasteiger charge is -2.14. The normalized spacial score (nSPS) is 23.5. The highest BCUT2D eigenvalue weighted by atomic mass is 79.9. The van der Waals surface area contributed by atoms with Crippen LogP contribution >= 0.6 is 15.9 Å². The van der Waals surface area contributed by atoms with Crippen LogP contribution in [0.3, 0.4) is 0 Å². The summed E-state index contributed by atoms with van der Waals surface area (Å²) in [4.78, 5) is -0.0204. The van der Waals surface area contributed by atoms with E-state index in [1.165, 1.54) is 6.07 Å². The zero-order valence-electron chi connectivity index (χ0n) is 10.5. The Kier molecular flexibility index (Phi) is 4.50. The maximum atomic E-state index is 11.5. The molecule has 1 saturated heterocycles. The van der Waals surface area contributed by atoms with Gasteiger partial charge in [-0.2, -0.15) is 0 Å². The van der Waals surface area contributed by atoms with Crippen molar-refractivity contribution >= 4 is 26.0 Å². The highest BCUT2D eigenvalue weighted by Gasteiger charge is 2.23. The van der Waals surface area contributed by atoms with Crippen molar-refractivity contribution in [2.24, 2.45) is 5.14 Å². The molecule has 0 saturated carbocycles. The Morgan fingerprint density at radius 2 is 2.21 bits per heavy atom. The van der Waals surface area contributed by atoms with E-state index in [9.17, 15) is 8.42 Å². The molecule has 1 fully saturated rings. The minimum atomic E-state index is -3.81. The summed E-state index contributed by atoms with van der Waals surface area (Å²) in [7, 11) is -3.81. The lowest BCUT2D eigenvalue weighted by molar-refractivity contribution is 0.0258. The maximum Gasteiger partial charge on any atom is 0.241 e. The Balaban J connectivity index is 2.12. The van der Waals surface area contributed by atoms with Crippen molar-refractivity contribution in [2.45, 2.75) is 36.9 Å². The van der Waals surface area contributed by atoms with Gasteiger partial charge in [-0.05, 0) is 38.0 Å². The third kappa shape index (κ3) is 3.92. The lowest BCUT2D eigenvalue weighted by atomic mass is 10.2. The fourth-order valence-electron chi connectivity index (χ4n) is 2.01. The van der Waals surface area contributed by atoms with Crippen LogP contribution in [0.1, 0.15) is 19.8 Å². The van der Waals surface area contributed by atoms with Crippen molar-refractivity contribution < 1.29 is 17.9 Å². The van der Waals surface area contributed by atoms with Crippen LogP contribution in [0.15, 0.2) is 27.6 Å². The number of nitrogens with two attached hydrogens (primary N) is 1. The highest BCUT2D eigenvalue weighted by molar-refractivity contribution is 9.10. The third-order valence-corrected chi connectivity index (χ3v) is 4.38. The van der Waals surface area contributed by atoms with Crippen molar-refractivity contribution in [1.82, 2.24) is 0 Å². The van der Waals surface area contributed by atoms with Gasteiger partial charge in [0, 0.05) is 4.47 Å². The summed E-state index contributed by atoms with van der Waals surface area (Å²) in [6.45, 7) is 2.34. The molecule has 0 radical (unpaired) electrons. The standard InChI is InChI=1S/C12H16BrNO4S/c1-8-2-4-10(18-8)7-17-11-5-3-9(13)6-12(11)19(14,15)16/h3,5-6,8,10H,2,4,7H2,1H3,(H2,14,15,16). The number of hydrogen-bond acceptors (Lipinski definition) is 4. The first-order valence-electron chi connectivity index (χ1n) is 5.97. The van der Waals surface area contributed by atoms with Crippen LogP contribution in [0, 0.1) is 0 Å². The van der Waals surface area contributed by atoms with Gasteiger partial charge in [-0.25, -0.2) is 13.6 Å². The molecule has 1 heterocycles. The second-order valence-corrected chi connectivity index (χ2v) is 7.04. The molecule has 2 N–H and O–H groups in total. The van der Waals surface area contributed by atoms with E-state index in [2.05, 4.69) is 15.9 Å². The van der Waals surface area contributed by atoms with Gasteiger partial charge >= 0.3 is 0 Å². The monoisotopic (exact) mass is 349 g/mol. The first kappa shape index (κ1) is 14.8. The molecule has 1 aliphatic heterocycles. The highest BCUT2D eigenvalue weighted by Crippen LogP contribution is 2.28. The molecule has 0 aliphatic carbocycles. The topological polar surface area (TPSA) is 78.6 Å². The summed E-state index contributed by atoms with van der Waals surface area (Å²) in [5, 5.41) is 5.17. The molecule has 0 amide bonds. The third-order valence-electron chi connectivity index (χ3n) is 2.96. The van der Waals surface area contributed by atoms with Gasteiger partial charge in [0.05, 0.1) is 12.2 Å². The average Bonchev–Trinajstić information content (AvgIpc) is 2.72. The van der Waals surface area contributed by atoms with Gasteiger partial charge in [0.1, 0.15) is 17.3 Å². The predicted octanol–water partition coefficient (Wildman–Crippen LogP) is 2.04. The average molecular weight is 350 g/mol. The Bertz CT molecular complexity index is 561. The van der Waals surface area contributed by atoms with Crippen LogP contribution in [0.5, 0.6) is 5.75 Å². The molecule has 0 spiro atoms. The summed E-state index contributed by atoms with van der Waals surface area (Å²) in [5.41, 5.74) is 0. The van der Waals surface area contributed by atoms with Crippen molar-refractivity contribution in [3.63, 3.8) is 0 Å². The van der Waals surface area contributed by atoms with Crippen molar-refractivity contribution in [2.75, 3.05) is 6.61 Å². The lowest BCUT2D eigenvalue weighted by Crippen LogP contribution is -2.20. The SMILES string of the molecule is CC1CCC(COc2ccc(Br)cc2S(N)(=O)=O)O1. The van der Waals surface area contributed by atoms with Gasteiger partial charge in [0.15, 0.2) is 0 Å². The van der Waals surface area contributed by atoms with Crippen LogP contribution in [0.25, 0.3) is 0 Å². The molecular weight excluding hydrogens is 334 g/mol. The minimum absolute atomic E-state index is 0.00646. The largest absolute Gasteiger partial charge is 0.489 e. The smallest absolute Gasteiger partial charge is 0.241 e. The first-order chi connectivity index (χ1) is 8.86. The fourth-order valence-corrected chi connectivity index (χ4v) is 3.23. The van der Waals surface area contributed by atoms with Crippen LogP contribution < -0.4 is 9.88 Å². The maximum absolute atomic E-state index is 11.5. The molecule has 106 valence electrons. The Labute approximate surface area is 121 Å². The van der Waals surface area contributed by atoms with Crippen LogP contribution in [-0.2, 0) is 14.8 Å². The Morgan fingerprint density at radius 3 is 2.79 bits per heavy atom. The van der Waals surface area contributed by atoms with Gasteiger partial charge < -0.3 is 9.47 Å². The van der Waals surface area contributed by atoms with E-state index in [1.807, 2.05) is 6.92 Å². The van der Waals surface area contributed by atoms with E-state index in [0.717, 1.165) is 12.8 Å². The molecule has 7 heteroatoms. The van der Waals surface area contributed by atoms with Gasteiger partial charge in [0.25, 0.3) is 0 Å². The summed E-state index contributed by atoms with van der Waals surface area (Å²) in [6.07, 6.45) is 2.15. The molecule has 0 aromatic heterocycles. The molecule has 1 aromatic carbocycles. The van der Waals surface area contributed by atoms with Gasteiger partial charge in [-0.3, -0.25) is 0 Å². The van der Waals surface area contributed by atoms with E-state index in [1.54, 1.807) is 12.1 Å². The summed E-state index contributed by atoms with van der Waals surface area (Å²) >= 11 is 3.21. The molecule has 2 rings (SSSR count). The number of rotatable bonds is 4. The number of primary sulfonamides is 1. The van der Waals surface area contributed by atoms with Gasteiger partial charge in [-0.15, -0.1) is 0 Å². The van der Waals surface area contributed by atoms with E-state index >= 15 is 0 Å². The van der Waals surface area contributed by atoms with Crippen LogP contribution in [0.2, 0.25) is 0 Å². The van der Waals surface area contributed by atoms with Crippen molar-refractivity contribution in [3.05, 3.63) is 22.7 Å². The van der Waals surface area contributed by atoms with Crippen LogP contribution in [0.4, 0.5) is 0 Å². The number of ether oxygens (including phenoxy) is 2. The van der Waals surface area contributed by atoms with Crippen LogP contribution in [-0.4, -0.2) is 27.2 Å². The minimum Gasteiger partial charge on any atom is -0.489 e. The molecule has 1 aromatic rings. The van der Waals surface area contributed by atoms with E-state index in [0.29, 0.717) is 11.1 Å². The zero-order chi connectivity index (χ0) is 14.0.